The van der Waals surface area contributed by atoms with Crippen LogP contribution in [-0.2, 0) is 11.3 Å². The number of nitrogens with one attached hydrogen (secondary N) is 1. The molecular weight excluding hydrogens is 434 g/mol. The molecule has 35 heavy (non-hydrogen) atoms. The summed E-state index contributed by atoms with van der Waals surface area (Å²) in [6.07, 6.45) is 5.79. The zero-order valence-corrected chi connectivity index (χ0v) is 20.6. The Hall–Kier alpha value is -3.25. The van der Waals surface area contributed by atoms with E-state index in [1.807, 2.05) is 12.3 Å². The van der Waals surface area contributed by atoms with Gasteiger partial charge >= 0.3 is 0 Å². The van der Waals surface area contributed by atoms with E-state index in [1.54, 1.807) is 0 Å². The van der Waals surface area contributed by atoms with Gasteiger partial charge in [0.15, 0.2) is 5.82 Å². The summed E-state index contributed by atoms with van der Waals surface area (Å²) in [5, 5.41) is 3.36. The van der Waals surface area contributed by atoms with E-state index in [0.29, 0.717) is 6.54 Å². The van der Waals surface area contributed by atoms with E-state index in [4.69, 9.17) is 4.98 Å². The molecule has 3 aromatic rings. The molecule has 2 aromatic carbocycles. The van der Waals surface area contributed by atoms with E-state index in [9.17, 15) is 4.79 Å². The van der Waals surface area contributed by atoms with Gasteiger partial charge in [0.2, 0.25) is 5.91 Å². The first kappa shape index (κ1) is 23.5. The Balaban J connectivity index is 1.14. The van der Waals surface area contributed by atoms with Crippen molar-refractivity contribution in [2.24, 2.45) is 5.92 Å². The Morgan fingerprint density at radius 2 is 1.74 bits per heavy atom. The van der Waals surface area contributed by atoms with E-state index < -0.39 is 0 Å². The highest BCUT2D eigenvalue weighted by Gasteiger charge is 2.29. The van der Waals surface area contributed by atoms with E-state index >= 15 is 0 Å². The second kappa shape index (κ2) is 11.0. The molecule has 0 radical (unpaired) electrons. The molecule has 2 fully saturated rings. The fourth-order valence-corrected chi connectivity index (χ4v) is 5.16. The van der Waals surface area contributed by atoms with E-state index in [0.717, 1.165) is 69.1 Å². The minimum Gasteiger partial charge on any atom is -0.356 e. The minimum absolute atomic E-state index is 0.00360. The molecule has 0 bridgehead atoms. The normalized spacial score (nSPS) is 19.5. The highest BCUT2D eigenvalue weighted by molar-refractivity contribution is 5.80. The zero-order chi connectivity index (χ0) is 24.0. The summed E-state index contributed by atoms with van der Waals surface area (Å²) in [5.41, 5.74) is 3.59. The van der Waals surface area contributed by atoms with Crippen LogP contribution in [0.25, 0.3) is 11.4 Å². The first-order valence-corrected chi connectivity index (χ1v) is 12.9. The summed E-state index contributed by atoms with van der Waals surface area (Å²) in [5.74, 6) is 1.84. The molecule has 0 aliphatic carbocycles. The molecule has 3 heterocycles. The first-order valence-electron chi connectivity index (χ1n) is 12.9. The molecule has 182 valence electrons. The van der Waals surface area contributed by atoms with Gasteiger partial charge < -0.3 is 10.2 Å². The van der Waals surface area contributed by atoms with Crippen molar-refractivity contribution >= 4 is 11.7 Å². The molecule has 1 atom stereocenters. The molecule has 0 saturated carbocycles. The maximum Gasteiger partial charge on any atom is 0.225 e. The average Bonchev–Trinajstić information content (AvgIpc) is 2.91. The first-order chi connectivity index (χ1) is 17.1. The summed E-state index contributed by atoms with van der Waals surface area (Å²) in [6.45, 7) is 6.75. The van der Waals surface area contributed by atoms with Crippen LogP contribution in [0.5, 0.6) is 0 Å². The molecule has 1 amide bonds. The van der Waals surface area contributed by atoms with Crippen LogP contribution in [0.4, 0.5) is 5.82 Å². The smallest absolute Gasteiger partial charge is 0.225 e. The Labute approximate surface area is 208 Å². The van der Waals surface area contributed by atoms with Crippen molar-refractivity contribution in [3.05, 3.63) is 78.0 Å². The lowest BCUT2D eigenvalue weighted by atomic mass is 9.95. The minimum atomic E-state index is 0.00360. The Kier molecular flexibility index (Phi) is 7.38. The van der Waals surface area contributed by atoms with Gasteiger partial charge in [0.25, 0.3) is 0 Å². The predicted molar refractivity (Wildman–Crippen MR) is 140 cm³/mol. The summed E-state index contributed by atoms with van der Waals surface area (Å²) in [4.78, 5) is 27.2. The van der Waals surface area contributed by atoms with E-state index in [2.05, 4.69) is 81.6 Å². The number of carbonyl (C=O) groups excluding carboxylic acids is 1. The number of hydrogen-bond donors (Lipinski definition) is 1. The van der Waals surface area contributed by atoms with Crippen LogP contribution in [0.1, 0.15) is 36.8 Å². The number of nitrogens with zero attached hydrogens (tertiary/aromatic N) is 4. The monoisotopic (exact) mass is 469 g/mol. The molecule has 2 aliphatic rings. The van der Waals surface area contributed by atoms with Crippen molar-refractivity contribution in [2.45, 2.75) is 45.2 Å². The third-order valence-electron chi connectivity index (χ3n) is 7.25. The van der Waals surface area contributed by atoms with Crippen molar-refractivity contribution in [2.75, 3.05) is 31.1 Å². The summed E-state index contributed by atoms with van der Waals surface area (Å²) in [7, 11) is 0. The van der Waals surface area contributed by atoms with Crippen LogP contribution in [0, 0.1) is 12.8 Å². The van der Waals surface area contributed by atoms with Gasteiger partial charge in [0.1, 0.15) is 5.82 Å². The molecule has 1 N–H and O–H groups in total. The Morgan fingerprint density at radius 1 is 0.971 bits per heavy atom. The fourth-order valence-electron chi connectivity index (χ4n) is 5.16. The molecule has 0 unspecified atom stereocenters. The van der Waals surface area contributed by atoms with Gasteiger partial charge in [-0.3, -0.25) is 9.69 Å². The summed E-state index contributed by atoms with van der Waals surface area (Å²) < 4.78 is 0. The highest BCUT2D eigenvalue weighted by Crippen LogP contribution is 2.25. The van der Waals surface area contributed by atoms with Crippen molar-refractivity contribution < 1.29 is 4.79 Å². The number of likely N-dealkylation sites (tertiary alicyclic amines) is 1. The third-order valence-corrected chi connectivity index (χ3v) is 7.25. The van der Waals surface area contributed by atoms with Gasteiger partial charge in [0, 0.05) is 50.5 Å². The van der Waals surface area contributed by atoms with E-state index in [1.165, 1.54) is 11.1 Å². The van der Waals surface area contributed by atoms with Gasteiger partial charge in [0.05, 0.1) is 5.92 Å². The van der Waals surface area contributed by atoms with Crippen molar-refractivity contribution in [3.8, 4) is 11.4 Å². The second-order valence-corrected chi connectivity index (χ2v) is 9.93. The molecule has 0 spiro atoms. The number of carbonyl (C=O) groups is 1. The lowest BCUT2D eigenvalue weighted by Crippen LogP contribution is -2.49. The number of hydrogen-bond acceptors (Lipinski definition) is 5. The zero-order valence-electron chi connectivity index (χ0n) is 20.6. The molecule has 1 aromatic heterocycles. The van der Waals surface area contributed by atoms with Gasteiger partial charge in [-0.2, -0.15) is 0 Å². The lowest BCUT2D eigenvalue weighted by Gasteiger charge is -2.36. The Bertz CT molecular complexity index is 1110. The van der Waals surface area contributed by atoms with Gasteiger partial charge in [-0.1, -0.05) is 60.2 Å². The van der Waals surface area contributed by atoms with Crippen molar-refractivity contribution in [3.63, 3.8) is 0 Å². The highest BCUT2D eigenvalue weighted by atomic mass is 16.2. The number of anilines is 1. The number of rotatable bonds is 6. The average molecular weight is 470 g/mol. The molecular formula is C29H35N5O. The van der Waals surface area contributed by atoms with Crippen LogP contribution < -0.4 is 10.2 Å². The van der Waals surface area contributed by atoms with Gasteiger partial charge in [-0.25, -0.2) is 9.97 Å². The Morgan fingerprint density at radius 3 is 2.51 bits per heavy atom. The maximum atomic E-state index is 13.2. The summed E-state index contributed by atoms with van der Waals surface area (Å²) in [6, 6.07) is 21.1. The van der Waals surface area contributed by atoms with Crippen molar-refractivity contribution in [1.29, 1.82) is 0 Å². The third kappa shape index (κ3) is 6.06. The molecule has 2 aliphatic heterocycles. The molecule has 2 saturated heterocycles. The number of piperidine rings is 2. The number of aromatic nitrogens is 2. The van der Waals surface area contributed by atoms with Crippen LogP contribution in [-0.4, -0.2) is 53.0 Å². The van der Waals surface area contributed by atoms with Crippen LogP contribution in [0.3, 0.4) is 0 Å². The standard InChI is InChI=1S/C29H35N5O/c1-22-9-11-24(12-10-22)28-30-16-13-27(32-28)34-17-5-8-25(21-34)29(35)31-26-14-18-33(19-15-26)20-23-6-3-2-4-7-23/h2-4,6-7,9-13,16,25-26H,5,8,14-15,17-21H2,1H3,(H,31,35)/t25-/m1/s1. The van der Waals surface area contributed by atoms with Gasteiger partial charge in [-0.05, 0) is 44.2 Å². The number of amides is 1. The second-order valence-electron chi connectivity index (χ2n) is 9.93. The van der Waals surface area contributed by atoms with Crippen LogP contribution >= 0.6 is 0 Å². The topological polar surface area (TPSA) is 61.4 Å². The lowest BCUT2D eigenvalue weighted by molar-refractivity contribution is -0.126. The van der Waals surface area contributed by atoms with Crippen molar-refractivity contribution in [1.82, 2.24) is 20.2 Å². The number of aryl methyl sites for hydroxylation is 1. The maximum absolute atomic E-state index is 13.2. The SMILES string of the molecule is Cc1ccc(-c2nccc(N3CCC[C@@H](C(=O)NC4CCN(Cc5ccccc5)CC4)C3)n2)cc1. The number of benzene rings is 2. The molecule has 5 rings (SSSR count). The molecule has 6 nitrogen and oxygen atoms in total. The molecule has 6 heteroatoms. The summed E-state index contributed by atoms with van der Waals surface area (Å²) >= 11 is 0. The van der Waals surface area contributed by atoms with Crippen LogP contribution in [0.2, 0.25) is 0 Å². The quantitative estimate of drug-likeness (QED) is 0.578. The predicted octanol–water partition coefficient (Wildman–Crippen LogP) is 4.45. The van der Waals surface area contributed by atoms with Crippen LogP contribution in [0.15, 0.2) is 66.9 Å². The van der Waals surface area contributed by atoms with Gasteiger partial charge in [-0.15, -0.1) is 0 Å². The largest absolute Gasteiger partial charge is 0.356 e. The fraction of sp³-hybridized carbons (Fsp3) is 0.414. The van der Waals surface area contributed by atoms with E-state index in [-0.39, 0.29) is 17.9 Å².